The summed E-state index contributed by atoms with van der Waals surface area (Å²) in [6.45, 7) is 4.61. The number of aromatic nitrogens is 3. The fraction of sp³-hybridized carbons (Fsp3) is 0.0556. The Hall–Kier alpha value is -7.43. The van der Waals surface area contributed by atoms with E-state index in [0.717, 1.165) is 60.7 Å². The molecule has 272 valence electrons. The minimum Gasteiger partial charge on any atom is -0.455 e. The molecule has 0 saturated heterocycles. The van der Waals surface area contributed by atoms with Crippen molar-refractivity contribution in [2.24, 2.45) is 0 Å². The summed E-state index contributed by atoms with van der Waals surface area (Å²) in [5.74, 6) is 1.84. The Balaban J connectivity index is 1.17. The molecule has 0 bridgehead atoms. The molecule has 58 heavy (non-hydrogen) atoms. The highest BCUT2D eigenvalue weighted by Crippen LogP contribution is 2.54. The molecule has 0 spiro atoms. The number of furan rings is 1. The first-order chi connectivity index (χ1) is 28.5. The van der Waals surface area contributed by atoms with Crippen LogP contribution >= 0.6 is 0 Å². The number of para-hydroxylation sites is 1. The first kappa shape index (κ1) is 32.8. The molecule has 0 radical (unpaired) electrons. The van der Waals surface area contributed by atoms with Crippen molar-refractivity contribution in [1.82, 2.24) is 15.0 Å². The van der Waals surface area contributed by atoms with Gasteiger partial charge in [-0.05, 0) is 78.3 Å². The summed E-state index contributed by atoms with van der Waals surface area (Å²) in [6.07, 6.45) is 0. The van der Waals surface area contributed by atoms with E-state index in [1.54, 1.807) is 0 Å². The highest BCUT2D eigenvalue weighted by Gasteiger charge is 2.39. The van der Waals surface area contributed by atoms with Gasteiger partial charge in [-0.3, -0.25) is 0 Å². The standard InChI is InChI=1S/C54H35N3O/c1-54(2)45-22-12-10-20-41(45)49-46(54)31-44(48-42-21-11-13-23-47(42)58-50(48)49)53-56-51(55-52(57-53)40-19-9-8-18-37(40)32-14-4-3-5-15-32)35-25-24-34-27-28-38-36-17-7-6-16-33(36)26-29-39(38)43(34)30-35/h3-31H,1-2H3. The molecule has 0 fully saturated rings. The van der Waals surface area contributed by atoms with Gasteiger partial charge in [0, 0.05) is 38.4 Å². The Morgan fingerprint density at radius 1 is 0.397 bits per heavy atom. The molecular weight excluding hydrogens is 707 g/mol. The molecule has 0 amide bonds. The zero-order valence-corrected chi connectivity index (χ0v) is 32.0. The van der Waals surface area contributed by atoms with Gasteiger partial charge in [-0.2, -0.15) is 0 Å². The van der Waals surface area contributed by atoms with Gasteiger partial charge in [0.1, 0.15) is 11.2 Å². The van der Waals surface area contributed by atoms with Gasteiger partial charge in [-0.25, -0.2) is 15.0 Å². The topological polar surface area (TPSA) is 51.8 Å². The van der Waals surface area contributed by atoms with Crippen molar-refractivity contribution in [3.8, 4) is 56.4 Å². The zero-order chi connectivity index (χ0) is 38.5. The van der Waals surface area contributed by atoms with Crippen LogP contribution in [0.5, 0.6) is 0 Å². The molecule has 4 heteroatoms. The van der Waals surface area contributed by atoms with E-state index in [-0.39, 0.29) is 5.41 Å². The van der Waals surface area contributed by atoms with Crippen LogP contribution in [-0.2, 0) is 5.41 Å². The summed E-state index contributed by atoms with van der Waals surface area (Å²) in [5.41, 5.74) is 11.2. The van der Waals surface area contributed by atoms with Crippen LogP contribution in [0.3, 0.4) is 0 Å². The fourth-order valence-corrected chi connectivity index (χ4v) is 9.48. The molecule has 1 aliphatic rings. The third-order valence-corrected chi connectivity index (χ3v) is 12.3. The highest BCUT2D eigenvalue weighted by molar-refractivity contribution is 6.19. The molecule has 12 rings (SSSR count). The number of benzene rings is 9. The lowest BCUT2D eigenvalue weighted by atomic mass is 9.81. The van der Waals surface area contributed by atoms with Crippen molar-refractivity contribution < 1.29 is 4.42 Å². The summed E-state index contributed by atoms with van der Waals surface area (Å²) < 4.78 is 6.86. The molecule has 1 aliphatic carbocycles. The predicted octanol–water partition coefficient (Wildman–Crippen LogP) is 14.2. The third-order valence-electron chi connectivity index (χ3n) is 12.3. The summed E-state index contributed by atoms with van der Waals surface area (Å²) in [4.78, 5) is 16.2. The van der Waals surface area contributed by atoms with Crippen molar-refractivity contribution in [1.29, 1.82) is 0 Å². The normalized spacial score (nSPS) is 13.1. The van der Waals surface area contributed by atoms with Crippen molar-refractivity contribution in [2.45, 2.75) is 19.3 Å². The highest BCUT2D eigenvalue weighted by atomic mass is 16.3. The van der Waals surface area contributed by atoms with E-state index < -0.39 is 0 Å². The van der Waals surface area contributed by atoms with E-state index >= 15 is 0 Å². The molecule has 9 aromatic carbocycles. The molecule has 11 aromatic rings. The summed E-state index contributed by atoms with van der Waals surface area (Å²) in [6, 6.07) is 62.4. The number of nitrogens with zero attached hydrogens (tertiary/aromatic N) is 3. The zero-order valence-electron chi connectivity index (χ0n) is 32.0. The number of fused-ring (bicyclic) bond motifs is 12. The lowest BCUT2D eigenvalue weighted by molar-refractivity contribution is 0.653. The van der Waals surface area contributed by atoms with E-state index in [1.165, 1.54) is 43.6 Å². The van der Waals surface area contributed by atoms with E-state index in [0.29, 0.717) is 17.5 Å². The van der Waals surface area contributed by atoms with Crippen molar-refractivity contribution >= 4 is 54.3 Å². The van der Waals surface area contributed by atoms with Gasteiger partial charge in [0.05, 0.1) is 0 Å². The van der Waals surface area contributed by atoms with Crippen LogP contribution in [0.1, 0.15) is 25.0 Å². The van der Waals surface area contributed by atoms with Gasteiger partial charge in [-0.15, -0.1) is 0 Å². The average Bonchev–Trinajstić information content (AvgIpc) is 3.78. The monoisotopic (exact) mass is 741 g/mol. The van der Waals surface area contributed by atoms with Crippen LogP contribution in [0.4, 0.5) is 0 Å². The average molecular weight is 742 g/mol. The summed E-state index contributed by atoms with van der Waals surface area (Å²) in [7, 11) is 0. The summed E-state index contributed by atoms with van der Waals surface area (Å²) in [5, 5.41) is 9.28. The molecule has 0 aliphatic heterocycles. The van der Waals surface area contributed by atoms with Crippen LogP contribution in [-0.4, -0.2) is 15.0 Å². The molecule has 0 unspecified atom stereocenters. The van der Waals surface area contributed by atoms with Gasteiger partial charge >= 0.3 is 0 Å². The van der Waals surface area contributed by atoms with Crippen molar-refractivity contribution in [3.05, 3.63) is 187 Å². The molecule has 0 N–H and O–H groups in total. The molecule has 0 atom stereocenters. The van der Waals surface area contributed by atoms with Gasteiger partial charge in [-0.1, -0.05) is 172 Å². The lowest BCUT2D eigenvalue weighted by Crippen LogP contribution is -2.15. The Kier molecular flexibility index (Phi) is 6.94. The lowest BCUT2D eigenvalue weighted by Gasteiger charge is -2.22. The molecule has 4 nitrogen and oxygen atoms in total. The van der Waals surface area contributed by atoms with Crippen LogP contribution < -0.4 is 0 Å². The second-order valence-electron chi connectivity index (χ2n) is 15.9. The maximum Gasteiger partial charge on any atom is 0.164 e. The number of hydrogen-bond acceptors (Lipinski definition) is 4. The van der Waals surface area contributed by atoms with E-state index in [4.69, 9.17) is 19.4 Å². The first-order valence-electron chi connectivity index (χ1n) is 19.9. The molecule has 2 heterocycles. The largest absolute Gasteiger partial charge is 0.455 e. The second-order valence-corrected chi connectivity index (χ2v) is 15.9. The minimum atomic E-state index is -0.268. The van der Waals surface area contributed by atoms with E-state index in [1.807, 2.05) is 12.1 Å². The third kappa shape index (κ3) is 4.78. The van der Waals surface area contributed by atoms with Gasteiger partial charge < -0.3 is 4.42 Å². The molecule has 2 aromatic heterocycles. The minimum absolute atomic E-state index is 0.268. The van der Waals surface area contributed by atoms with Crippen LogP contribution in [0, 0.1) is 0 Å². The Morgan fingerprint density at radius 3 is 1.83 bits per heavy atom. The Bertz CT molecular complexity index is 3490. The second kappa shape index (κ2) is 12.3. The maximum absolute atomic E-state index is 6.86. The smallest absolute Gasteiger partial charge is 0.164 e. The predicted molar refractivity (Wildman–Crippen MR) is 239 cm³/mol. The maximum atomic E-state index is 6.86. The fourth-order valence-electron chi connectivity index (χ4n) is 9.48. The van der Waals surface area contributed by atoms with E-state index in [9.17, 15) is 0 Å². The van der Waals surface area contributed by atoms with Crippen LogP contribution in [0.25, 0.3) is 111 Å². The quantitative estimate of drug-likeness (QED) is 0.169. The Morgan fingerprint density at radius 2 is 1.00 bits per heavy atom. The number of rotatable bonds is 4. The van der Waals surface area contributed by atoms with Crippen molar-refractivity contribution in [2.75, 3.05) is 0 Å². The summed E-state index contributed by atoms with van der Waals surface area (Å²) >= 11 is 0. The molecule has 0 saturated carbocycles. The van der Waals surface area contributed by atoms with Crippen LogP contribution in [0.2, 0.25) is 0 Å². The Labute approximate surface area is 335 Å². The van der Waals surface area contributed by atoms with Gasteiger partial charge in [0.25, 0.3) is 0 Å². The first-order valence-corrected chi connectivity index (χ1v) is 19.9. The molecular formula is C54H35N3O. The van der Waals surface area contributed by atoms with Gasteiger partial charge in [0.2, 0.25) is 0 Å². The van der Waals surface area contributed by atoms with Crippen LogP contribution in [0.15, 0.2) is 180 Å². The SMILES string of the molecule is CC1(C)c2ccccc2-c2c1cc(-c1nc(-c3ccc4ccc5c6ccccc6ccc5c4c3)nc(-c3ccccc3-c3ccccc3)n1)c1c2oc2ccccc21. The van der Waals surface area contributed by atoms with E-state index in [2.05, 4.69) is 178 Å². The number of hydrogen-bond donors (Lipinski definition) is 0. The van der Waals surface area contributed by atoms with Gasteiger partial charge in [0.15, 0.2) is 17.5 Å². The van der Waals surface area contributed by atoms with Crippen molar-refractivity contribution in [3.63, 3.8) is 0 Å².